The summed E-state index contributed by atoms with van der Waals surface area (Å²) >= 11 is 2.32. The van der Waals surface area contributed by atoms with E-state index >= 15 is 0 Å². The Balaban J connectivity index is 2.21. The van der Waals surface area contributed by atoms with E-state index in [2.05, 4.69) is 58.8 Å². The Morgan fingerprint density at radius 1 is 1.00 bits per heavy atom. The Kier molecular flexibility index (Phi) is 3.72. The van der Waals surface area contributed by atoms with Gasteiger partial charge in [-0.15, -0.1) is 0 Å². The molecule has 0 amide bonds. The minimum atomic E-state index is 0.991. The summed E-state index contributed by atoms with van der Waals surface area (Å²) in [6.07, 6.45) is 1.91. The zero-order valence-electron chi connectivity index (χ0n) is 9.02. The Bertz CT molecular complexity index is 500. The van der Waals surface area contributed by atoms with Gasteiger partial charge < -0.3 is 0 Å². The van der Waals surface area contributed by atoms with Gasteiger partial charge in [0.1, 0.15) is 0 Å². The molecule has 80 valence electrons. The van der Waals surface area contributed by atoms with Crippen molar-refractivity contribution >= 4 is 34.5 Å². The Labute approximate surface area is 109 Å². The molecule has 0 unspecified atom stereocenters. The molecule has 0 aromatic heterocycles. The summed E-state index contributed by atoms with van der Waals surface area (Å²) < 4.78 is 1.22. The fourth-order valence-corrected chi connectivity index (χ4v) is 1.88. The van der Waals surface area contributed by atoms with Crippen molar-refractivity contribution in [2.75, 3.05) is 0 Å². The molecule has 2 rings (SSSR count). The maximum absolute atomic E-state index is 4.45. The molecule has 2 aromatic carbocycles. The molecule has 1 nitrogen and oxygen atoms in total. The molecule has 2 heteroatoms. The molecule has 0 bridgehead atoms. The summed E-state index contributed by atoms with van der Waals surface area (Å²) in [6.45, 7) is 2.08. The van der Waals surface area contributed by atoms with Crippen molar-refractivity contribution in [3.63, 3.8) is 0 Å². The monoisotopic (exact) mass is 321 g/mol. The molecular formula is C14H12IN. The van der Waals surface area contributed by atoms with Gasteiger partial charge in [-0.1, -0.05) is 35.9 Å². The van der Waals surface area contributed by atoms with Gasteiger partial charge in [0.05, 0.1) is 5.69 Å². The second-order valence-corrected chi connectivity index (χ2v) is 4.78. The molecule has 16 heavy (non-hydrogen) atoms. The third kappa shape index (κ3) is 2.92. The molecule has 0 atom stereocenters. The fourth-order valence-electron chi connectivity index (χ4n) is 1.35. The molecule has 0 N–H and O–H groups in total. The van der Waals surface area contributed by atoms with Crippen molar-refractivity contribution in [2.24, 2.45) is 4.99 Å². The number of halogens is 1. The standard InChI is InChI=1S/C14H12IN/c1-11-6-8-13(9-7-11)16-10-12-4-2-3-5-14(12)15/h2-10H,1H3/b16-10+. The van der Waals surface area contributed by atoms with Crippen molar-refractivity contribution in [1.29, 1.82) is 0 Å². The second kappa shape index (κ2) is 5.25. The van der Waals surface area contributed by atoms with Crippen molar-refractivity contribution in [2.45, 2.75) is 6.92 Å². The lowest BCUT2D eigenvalue weighted by Crippen LogP contribution is -1.84. The number of hydrogen-bond donors (Lipinski definition) is 0. The summed E-state index contributed by atoms with van der Waals surface area (Å²) in [7, 11) is 0. The van der Waals surface area contributed by atoms with Crippen LogP contribution < -0.4 is 0 Å². The lowest BCUT2D eigenvalue weighted by molar-refractivity contribution is 1.44. The first-order valence-corrected chi connectivity index (χ1v) is 6.19. The van der Waals surface area contributed by atoms with Gasteiger partial charge in [0.15, 0.2) is 0 Å². The van der Waals surface area contributed by atoms with E-state index < -0.39 is 0 Å². The van der Waals surface area contributed by atoms with Crippen molar-refractivity contribution < 1.29 is 0 Å². The van der Waals surface area contributed by atoms with Crippen LogP contribution in [0.4, 0.5) is 5.69 Å². The number of benzene rings is 2. The van der Waals surface area contributed by atoms with Crippen LogP contribution in [0, 0.1) is 10.5 Å². The molecule has 0 spiro atoms. The van der Waals surface area contributed by atoms with Crippen LogP contribution in [0.15, 0.2) is 53.5 Å². The van der Waals surface area contributed by atoms with Gasteiger partial charge >= 0.3 is 0 Å². The maximum atomic E-state index is 4.45. The first kappa shape index (κ1) is 11.3. The third-order valence-electron chi connectivity index (χ3n) is 2.29. The van der Waals surface area contributed by atoms with Crippen LogP contribution >= 0.6 is 22.6 Å². The summed E-state index contributed by atoms with van der Waals surface area (Å²) in [5, 5.41) is 0. The molecule has 0 aliphatic carbocycles. The van der Waals surface area contributed by atoms with Crippen molar-refractivity contribution in [3.05, 3.63) is 63.2 Å². The number of nitrogens with zero attached hydrogens (tertiary/aromatic N) is 1. The highest BCUT2D eigenvalue weighted by Gasteiger charge is 1.93. The smallest absolute Gasteiger partial charge is 0.0630 e. The molecule has 0 fully saturated rings. The zero-order valence-corrected chi connectivity index (χ0v) is 11.2. The molecule has 0 aliphatic rings. The number of hydrogen-bond acceptors (Lipinski definition) is 1. The first-order valence-electron chi connectivity index (χ1n) is 5.11. The topological polar surface area (TPSA) is 12.4 Å². The maximum Gasteiger partial charge on any atom is 0.0630 e. The number of rotatable bonds is 2. The minimum absolute atomic E-state index is 0.991. The quantitative estimate of drug-likeness (QED) is 0.576. The second-order valence-electron chi connectivity index (χ2n) is 3.62. The first-order chi connectivity index (χ1) is 7.75. The summed E-state index contributed by atoms with van der Waals surface area (Å²) in [4.78, 5) is 4.45. The van der Waals surface area contributed by atoms with Gasteiger partial charge in [0, 0.05) is 15.3 Å². The molecule has 0 radical (unpaired) electrons. The lowest BCUT2D eigenvalue weighted by atomic mass is 10.2. The van der Waals surface area contributed by atoms with Crippen LogP contribution in [0.3, 0.4) is 0 Å². The molecule has 0 saturated heterocycles. The van der Waals surface area contributed by atoms with Crippen LogP contribution in [0.1, 0.15) is 11.1 Å². The highest BCUT2D eigenvalue weighted by molar-refractivity contribution is 14.1. The average Bonchev–Trinajstić information content (AvgIpc) is 2.30. The normalized spacial score (nSPS) is 10.9. The van der Waals surface area contributed by atoms with Crippen LogP contribution in [0.25, 0.3) is 0 Å². The van der Waals surface area contributed by atoms with Crippen LogP contribution in [-0.4, -0.2) is 6.21 Å². The molecule has 0 aliphatic heterocycles. The van der Waals surface area contributed by atoms with E-state index in [1.54, 1.807) is 0 Å². The number of aliphatic imine (C=N–C) groups is 1. The van der Waals surface area contributed by atoms with Crippen LogP contribution in [-0.2, 0) is 0 Å². The Hall–Kier alpha value is -1.16. The van der Waals surface area contributed by atoms with E-state index in [9.17, 15) is 0 Å². The summed E-state index contributed by atoms with van der Waals surface area (Å²) in [6, 6.07) is 16.4. The largest absolute Gasteiger partial charge is 0.256 e. The van der Waals surface area contributed by atoms with Gasteiger partial charge in [-0.25, -0.2) is 0 Å². The molecular weight excluding hydrogens is 309 g/mol. The van der Waals surface area contributed by atoms with Crippen LogP contribution in [0.5, 0.6) is 0 Å². The van der Waals surface area contributed by atoms with Gasteiger partial charge in [0.2, 0.25) is 0 Å². The van der Waals surface area contributed by atoms with E-state index in [0.717, 1.165) is 11.3 Å². The average molecular weight is 321 g/mol. The van der Waals surface area contributed by atoms with Gasteiger partial charge in [-0.3, -0.25) is 4.99 Å². The molecule has 0 heterocycles. The minimum Gasteiger partial charge on any atom is -0.256 e. The van der Waals surface area contributed by atoms with E-state index in [0.29, 0.717) is 0 Å². The SMILES string of the molecule is Cc1ccc(/N=C/c2ccccc2I)cc1. The van der Waals surface area contributed by atoms with Gasteiger partial charge in [0.25, 0.3) is 0 Å². The molecule has 0 saturated carbocycles. The van der Waals surface area contributed by atoms with Crippen molar-refractivity contribution in [3.8, 4) is 0 Å². The fraction of sp³-hybridized carbons (Fsp3) is 0.0714. The van der Waals surface area contributed by atoms with E-state index in [1.807, 2.05) is 30.5 Å². The zero-order chi connectivity index (χ0) is 11.4. The highest BCUT2D eigenvalue weighted by atomic mass is 127. The van der Waals surface area contributed by atoms with Crippen LogP contribution in [0.2, 0.25) is 0 Å². The summed E-state index contributed by atoms with van der Waals surface area (Å²) in [5.41, 5.74) is 3.40. The van der Waals surface area contributed by atoms with Crippen molar-refractivity contribution in [1.82, 2.24) is 0 Å². The Morgan fingerprint density at radius 3 is 2.38 bits per heavy atom. The van der Waals surface area contributed by atoms with Gasteiger partial charge in [-0.2, -0.15) is 0 Å². The van der Waals surface area contributed by atoms with E-state index in [1.165, 1.54) is 9.13 Å². The van der Waals surface area contributed by atoms with E-state index in [4.69, 9.17) is 0 Å². The lowest BCUT2D eigenvalue weighted by Gasteiger charge is -1.97. The predicted molar refractivity (Wildman–Crippen MR) is 77.6 cm³/mol. The Morgan fingerprint density at radius 2 is 1.69 bits per heavy atom. The predicted octanol–water partition coefficient (Wildman–Crippen LogP) is 4.35. The number of aryl methyl sites for hydroxylation is 1. The van der Waals surface area contributed by atoms with E-state index in [-0.39, 0.29) is 0 Å². The highest BCUT2D eigenvalue weighted by Crippen LogP contribution is 2.14. The van der Waals surface area contributed by atoms with Gasteiger partial charge in [-0.05, 0) is 47.7 Å². The third-order valence-corrected chi connectivity index (χ3v) is 3.27. The summed E-state index contributed by atoms with van der Waals surface area (Å²) in [5.74, 6) is 0. The molecule has 2 aromatic rings.